The fourth-order valence-electron chi connectivity index (χ4n) is 1.56. The number of carbonyl (C=O) groups excluding carboxylic acids is 1. The van der Waals surface area contributed by atoms with E-state index < -0.39 is 23.8 Å². The van der Waals surface area contributed by atoms with Gasteiger partial charge in [-0.15, -0.1) is 0 Å². The molecule has 0 fully saturated rings. The molecule has 1 aromatic carbocycles. The minimum absolute atomic E-state index is 0.146. The van der Waals surface area contributed by atoms with E-state index in [4.69, 9.17) is 0 Å². The molecule has 0 radical (unpaired) electrons. The molecule has 0 saturated carbocycles. The summed E-state index contributed by atoms with van der Waals surface area (Å²) in [5, 5.41) is 2.70. The topological polar surface area (TPSA) is 38.3 Å². The highest BCUT2D eigenvalue weighted by atomic mass is 19.4. The van der Waals surface area contributed by atoms with Crippen LogP contribution >= 0.6 is 0 Å². The molecule has 0 spiro atoms. The number of hydrogen-bond donors (Lipinski definition) is 1. The van der Waals surface area contributed by atoms with Crippen LogP contribution in [0.5, 0.6) is 0 Å². The summed E-state index contributed by atoms with van der Waals surface area (Å²) >= 11 is 0. The van der Waals surface area contributed by atoms with Gasteiger partial charge in [-0.2, -0.15) is 13.2 Å². The van der Waals surface area contributed by atoms with Crippen LogP contribution in [-0.4, -0.2) is 26.2 Å². The highest BCUT2D eigenvalue weighted by molar-refractivity contribution is 5.76. The molecule has 0 bridgehead atoms. The normalized spacial score (nSPS) is 13.2. The van der Waals surface area contributed by atoms with Crippen molar-refractivity contribution < 1.29 is 22.7 Å². The summed E-state index contributed by atoms with van der Waals surface area (Å²) in [7, 11) is 2.79. The lowest BCUT2D eigenvalue weighted by Gasteiger charge is -2.14. The number of hydrogen-bond acceptors (Lipinski definition) is 3. The van der Waals surface area contributed by atoms with Gasteiger partial charge in [-0.1, -0.05) is 18.2 Å². The van der Waals surface area contributed by atoms with Crippen LogP contribution in [0.15, 0.2) is 24.3 Å². The van der Waals surface area contributed by atoms with Gasteiger partial charge in [0.05, 0.1) is 12.7 Å². The molecule has 0 saturated heterocycles. The molecule has 0 aliphatic carbocycles. The molecule has 100 valence electrons. The van der Waals surface area contributed by atoms with Crippen LogP contribution in [0.4, 0.5) is 13.2 Å². The van der Waals surface area contributed by atoms with Crippen molar-refractivity contribution in [3.8, 4) is 0 Å². The number of halogens is 3. The van der Waals surface area contributed by atoms with Crippen LogP contribution in [0, 0.1) is 0 Å². The van der Waals surface area contributed by atoms with Crippen LogP contribution in [0.25, 0.3) is 0 Å². The summed E-state index contributed by atoms with van der Waals surface area (Å²) in [4.78, 5) is 11.3. The second kappa shape index (κ2) is 5.86. The predicted molar refractivity (Wildman–Crippen MR) is 60.0 cm³/mol. The number of methoxy groups -OCH3 is 1. The third kappa shape index (κ3) is 3.73. The van der Waals surface area contributed by atoms with Gasteiger partial charge in [0.25, 0.3) is 0 Å². The van der Waals surface area contributed by atoms with Gasteiger partial charge >= 0.3 is 12.1 Å². The monoisotopic (exact) mass is 261 g/mol. The first-order chi connectivity index (χ1) is 8.38. The van der Waals surface area contributed by atoms with Crippen molar-refractivity contribution in [1.82, 2.24) is 5.32 Å². The number of nitrogens with one attached hydrogen (secondary N) is 1. The highest BCUT2D eigenvalue weighted by Crippen LogP contribution is 2.29. The average Bonchev–Trinajstić information content (AvgIpc) is 2.34. The molecule has 0 aliphatic heterocycles. The van der Waals surface area contributed by atoms with Crippen LogP contribution in [0.2, 0.25) is 0 Å². The van der Waals surface area contributed by atoms with Gasteiger partial charge in [-0.05, 0) is 25.1 Å². The van der Waals surface area contributed by atoms with Crippen molar-refractivity contribution in [2.45, 2.75) is 18.6 Å². The molecule has 0 heterocycles. The Bertz CT molecular complexity index is 418. The van der Waals surface area contributed by atoms with Gasteiger partial charge in [-0.25, -0.2) is 0 Å². The molecule has 1 rings (SSSR count). The zero-order chi connectivity index (χ0) is 13.8. The van der Waals surface area contributed by atoms with Gasteiger partial charge < -0.3 is 10.1 Å². The molecule has 1 unspecified atom stereocenters. The molecule has 0 amide bonds. The summed E-state index contributed by atoms with van der Waals surface area (Å²) in [5.41, 5.74) is -0.297. The molecule has 3 nitrogen and oxygen atoms in total. The number of alkyl halides is 3. The Balaban J connectivity index is 2.88. The second-order valence-electron chi connectivity index (χ2n) is 3.77. The van der Waals surface area contributed by atoms with Crippen LogP contribution in [0.3, 0.4) is 0 Å². The Kier molecular flexibility index (Phi) is 4.72. The van der Waals surface area contributed by atoms with Gasteiger partial charge in [0.1, 0.15) is 6.04 Å². The minimum atomic E-state index is -4.38. The van der Waals surface area contributed by atoms with Crippen LogP contribution < -0.4 is 5.32 Å². The van der Waals surface area contributed by atoms with E-state index in [9.17, 15) is 18.0 Å². The van der Waals surface area contributed by atoms with Gasteiger partial charge in [0.2, 0.25) is 0 Å². The van der Waals surface area contributed by atoms with Gasteiger partial charge in [-0.3, -0.25) is 4.79 Å². The van der Waals surface area contributed by atoms with Crippen LogP contribution in [0.1, 0.15) is 11.1 Å². The molecular formula is C12H14F3NO2. The Morgan fingerprint density at radius 1 is 1.44 bits per heavy atom. The fourth-order valence-corrected chi connectivity index (χ4v) is 1.56. The Morgan fingerprint density at radius 3 is 2.61 bits per heavy atom. The molecule has 18 heavy (non-hydrogen) atoms. The van der Waals surface area contributed by atoms with Crippen molar-refractivity contribution in [3.05, 3.63) is 35.4 Å². The van der Waals surface area contributed by atoms with E-state index in [0.29, 0.717) is 5.56 Å². The molecule has 0 aliphatic rings. The quantitative estimate of drug-likeness (QED) is 0.843. The van der Waals surface area contributed by atoms with Crippen molar-refractivity contribution in [3.63, 3.8) is 0 Å². The Morgan fingerprint density at radius 2 is 2.11 bits per heavy atom. The molecular weight excluding hydrogens is 247 g/mol. The summed E-state index contributed by atoms with van der Waals surface area (Å²) < 4.78 is 42.1. The standard InChI is InChI=1S/C12H14F3NO2/c1-16-10(11(17)18-2)7-8-4-3-5-9(6-8)12(13,14)15/h3-6,10,16H,7H2,1-2H3. The first kappa shape index (κ1) is 14.5. The maximum absolute atomic E-state index is 12.5. The first-order valence-corrected chi connectivity index (χ1v) is 5.29. The minimum Gasteiger partial charge on any atom is -0.468 e. The van der Waals surface area contributed by atoms with Crippen molar-refractivity contribution >= 4 is 5.97 Å². The predicted octanol–water partition coefficient (Wildman–Crippen LogP) is 2.01. The molecule has 0 aromatic heterocycles. The molecule has 1 N–H and O–H groups in total. The van der Waals surface area contributed by atoms with E-state index in [0.717, 1.165) is 12.1 Å². The lowest BCUT2D eigenvalue weighted by atomic mass is 10.0. The number of likely N-dealkylation sites (N-methyl/N-ethyl adjacent to an activating group) is 1. The van der Waals surface area contributed by atoms with Crippen molar-refractivity contribution in [2.75, 3.05) is 14.2 Å². The van der Waals surface area contributed by atoms with E-state index in [1.54, 1.807) is 13.1 Å². The summed E-state index contributed by atoms with van der Waals surface area (Å²) in [6.45, 7) is 0. The highest BCUT2D eigenvalue weighted by Gasteiger charge is 2.30. The fraction of sp³-hybridized carbons (Fsp3) is 0.417. The van der Waals surface area contributed by atoms with Crippen molar-refractivity contribution in [1.29, 1.82) is 0 Å². The SMILES string of the molecule is CNC(Cc1cccc(C(F)(F)F)c1)C(=O)OC. The van der Waals surface area contributed by atoms with Crippen molar-refractivity contribution in [2.24, 2.45) is 0 Å². The zero-order valence-electron chi connectivity index (χ0n) is 10.0. The summed E-state index contributed by atoms with van der Waals surface area (Å²) in [5.74, 6) is -0.505. The number of esters is 1. The maximum atomic E-state index is 12.5. The van der Waals surface area contributed by atoms with E-state index in [-0.39, 0.29) is 6.42 Å². The lowest BCUT2D eigenvalue weighted by Crippen LogP contribution is -2.36. The number of benzene rings is 1. The van der Waals surface area contributed by atoms with E-state index in [1.165, 1.54) is 13.2 Å². The molecule has 1 atom stereocenters. The number of ether oxygens (including phenoxy) is 1. The molecule has 1 aromatic rings. The lowest BCUT2D eigenvalue weighted by molar-refractivity contribution is -0.142. The third-order valence-corrected chi connectivity index (χ3v) is 2.53. The van der Waals surface area contributed by atoms with Crippen LogP contribution in [-0.2, 0) is 22.1 Å². The van der Waals surface area contributed by atoms with E-state index >= 15 is 0 Å². The Hall–Kier alpha value is -1.56. The maximum Gasteiger partial charge on any atom is 0.416 e. The smallest absolute Gasteiger partial charge is 0.416 e. The summed E-state index contributed by atoms with van der Waals surface area (Å²) in [6.07, 6.45) is -4.23. The molecule has 6 heteroatoms. The first-order valence-electron chi connectivity index (χ1n) is 5.29. The second-order valence-corrected chi connectivity index (χ2v) is 3.77. The largest absolute Gasteiger partial charge is 0.468 e. The number of carbonyl (C=O) groups is 1. The van der Waals surface area contributed by atoms with E-state index in [1.807, 2.05) is 0 Å². The third-order valence-electron chi connectivity index (χ3n) is 2.53. The number of rotatable bonds is 4. The van der Waals surface area contributed by atoms with E-state index in [2.05, 4.69) is 10.1 Å². The summed E-state index contributed by atoms with van der Waals surface area (Å²) in [6, 6.07) is 4.24. The van der Waals surface area contributed by atoms with Gasteiger partial charge in [0.15, 0.2) is 0 Å². The average molecular weight is 261 g/mol. The van der Waals surface area contributed by atoms with Gasteiger partial charge in [0, 0.05) is 0 Å². The Labute approximate surface area is 103 Å². The zero-order valence-corrected chi connectivity index (χ0v) is 10.0.